The smallest absolute Gasteiger partial charge is 0.244 e. The fourth-order valence-electron chi connectivity index (χ4n) is 2.17. The molecule has 3 rings (SSSR count). The van der Waals surface area contributed by atoms with Gasteiger partial charge in [0.2, 0.25) is 5.91 Å². The van der Waals surface area contributed by atoms with Gasteiger partial charge in [0, 0.05) is 18.7 Å². The van der Waals surface area contributed by atoms with E-state index in [1.807, 2.05) is 30.3 Å². The molecule has 0 saturated carbocycles. The molecule has 1 amide bonds. The number of carbonyl (C=O) groups is 1. The summed E-state index contributed by atoms with van der Waals surface area (Å²) in [5, 5.41) is 8.12. The van der Waals surface area contributed by atoms with Crippen molar-refractivity contribution in [2.75, 3.05) is 26.3 Å². The largest absolute Gasteiger partial charge is 0.378 e. The Morgan fingerprint density at radius 2 is 1.95 bits per heavy atom. The van der Waals surface area contributed by atoms with Crippen molar-refractivity contribution in [3.05, 3.63) is 36.5 Å². The third kappa shape index (κ3) is 2.85. The minimum absolute atomic E-state index is 0.0535. The number of morpholine rings is 1. The molecule has 0 N–H and O–H groups in total. The lowest BCUT2D eigenvalue weighted by molar-refractivity contribution is -0.136. The van der Waals surface area contributed by atoms with Gasteiger partial charge in [0.05, 0.1) is 19.4 Å². The number of benzene rings is 1. The third-order valence-corrected chi connectivity index (χ3v) is 3.27. The van der Waals surface area contributed by atoms with Gasteiger partial charge in [0.1, 0.15) is 12.2 Å². The third-order valence-electron chi connectivity index (χ3n) is 3.27. The van der Waals surface area contributed by atoms with Crippen LogP contribution in [0, 0.1) is 0 Å². The number of hydrogen-bond acceptors (Lipinski definition) is 4. The number of rotatable bonds is 3. The Hall–Kier alpha value is -2.21. The minimum atomic E-state index is 0.0535. The molecule has 1 fully saturated rings. The highest BCUT2D eigenvalue weighted by atomic mass is 16.5. The maximum absolute atomic E-state index is 12.1. The molecule has 0 bridgehead atoms. The molecule has 6 heteroatoms. The van der Waals surface area contributed by atoms with Crippen LogP contribution in [0.15, 0.2) is 36.5 Å². The zero-order valence-electron chi connectivity index (χ0n) is 11.1. The van der Waals surface area contributed by atoms with Crippen LogP contribution in [0.5, 0.6) is 0 Å². The molecule has 1 saturated heterocycles. The number of nitrogens with zero attached hydrogens (tertiary/aromatic N) is 4. The number of amides is 1. The van der Waals surface area contributed by atoms with E-state index in [2.05, 4.69) is 10.3 Å². The second-order valence-corrected chi connectivity index (χ2v) is 4.66. The summed E-state index contributed by atoms with van der Waals surface area (Å²) in [6, 6.07) is 9.80. The first-order valence-corrected chi connectivity index (χ1v) is 6.64. The number of carbonyl (C=O) groups excluding carboxylic acids is 1. The van der Waals surface area contributed by atoms with Crippen LogP contribution in [0.4, 0.5) is 0 Å². The Morgan fingerprint density at radius 3 is 2.70 bits per heavy atom. The lowest BCUT2D eigenvalue weighted by atomic mass is 10.2. The molecule has 0 aliphatic carbocycles. The zero-order chi connectivity index (χ0) is 13.8. The van der Waals surface area contributed by atoms with E-state index in [1.165, 1.54) is 0 Å². The monoisotopic (exact) mass is 272 g/mol. The molecule has 20 heavy (non-hydrogen) atoms. The second-order valence-electron chi connectivity index (χ2n) is 4.66. The number of aromatic nitrogens is 3. The predicted molar refractivity (Wildman–Crippen MR) is 72.9 cm³/mol. The van der Waals surface area contributed by atoms with Gasteiger partial charge in [-0.05, 0) is 0 Å². The Balaban J connectivity index is 1.66. The van der Waals surface area contributed by atoms with Gasteiger partial charge in [-0.25, -0.2) is 4.68 Å². The molecule has 1 aliphatic heterocycles. The van der Waals surface area contributed by atoms with Crippen LogP contribution >= 0.6 is 0 Å². The summed E-state index contributed by atoms with van der Waals surface area (Å²) in [5.74, 6) is 0.0535. The maximum Gasteiger partial charge on any atom is 0.244 e. The van der Waals surface area contributed by atoms with Gasteiger partial charge >= 0.3 is 0 Å². The molecular formula is C14H16N4O2. The standard InChI is InChI=1S/C14H16N4O2/c19-14(17-6-8-20-9-7-17)11-18-10-13(15-16-18)12-4-2-1-3-5-12/h1-5,10H,6-9,11H2. The van der Waals surface area contributed by atoms with E-state index < -0.39 is 0 Å². The molecule has 104 valence electrons. The average Bonchev–Trinajstić information content (AvgIpc) is 2.97. The molecular weight excluding hydrogens is 256 g/mol. The van der Waals surface area contributed by atoms with Gasteiger partial charge < -0.3 is 9.64 Å². The average molecular weight is 272 g/mol. The van der Waals surface area contributed by atoms with E-state index in [1.54, 1.807) is 15.8 Å². The van der Waals surface area contributed by atoms with E-state index in [0.29, 0.717) is 26.3 Å². The van der Waals surface area contributed by atoms with Crippen LogP contribution in [-0.4, -0.2) is 52.1 Å². The molecule has 0 unspecified atom stereocenters. The van der Waals surface area contributed by atoms with Crippen molar-refractivity contribution < 1.29 is 9.53 Å². The lowest BCUT2D eigenvalue weighted by Crippen LogP contribution is -2.42. The van der Waals surface area contributed by atoms with E-state index in [0.717, 1.165) is 11.3 Å². The first-order valence-electron chi connectivity index (χ1n) is 6.64. The maximum atomic E-state index is 12.1. The van der Waals surface area contributed by atoms with Crippen LogP contribution in [-0.2, 0) is 16.1 Å². The lowest BCUT2D eigenvalue weighted by Gasteiger charge is -2.26. The Labute approximate surface area is 117 Å². The van der Waals surface area contributed by atoms with Crippen LogP contribution < -0.4 is 0 Å². The van der Waals surface area contributed by atoms with Gasteiger partial charge in [-0.15, -0.1) is 5.10 Å². The van der Waals surface area contributed by atoms with Crippen molar-refractivity contribution in [3.8, 4) is 11.3 Å². The number of hydrogen-bond donors (Lipinski definition) is 0. The van der Waals surface area contributed by atoms with Gasteiger partial charge in [0.25, 0.3) is 0 Å². The van der Waals surface area contributed by atoms with Crippen LogP contribution in [0.2, 0.25) is 0 Å². The molecule has 1 aromatic carbocycles. The van der Waals surface area contributed by atoms with Crippen LogP contribution in [0.1, 0.15) is 0 Å². The van der Waals surface area contributed by atoms with Gasteiger partial charge in [-0.3, -0.25) is 4.79 Å². The van der Waals surface area contributed by atoms with Gasteiger partial charge in [0.15, 0.2) is 0 Å². The summed E-state index contributed by atoms with van der Waals surface area (Å²) in [6.45, 7) is 2.74. The summed E-state index contributed by atoms with van der Waals surface area (Å²) in [6.07, 6.45) is 1.80. The van der Waals surface area contributed by atoms with Crippen LogP contribution in [0.3, 0.4) is 0 Å². The van der Waals surface area contributed by atoms with E-state index >= 15 is 0 Å². The molecule has 1 aromatic heterocycles. The summed E-state index contributed by atoms with van der Waals surface area (Å²) in [4.78, 5) is 13.9. The highest BCUT2D eigenvalue weighted by molar-refractivity contribution is 5.76. The highest BCUT2D eigenvalue weighted by Gasteiger charge is 2.17. The number of ether oxygens (including phenoxy) is 1. The minimum Gasteiger partial charge on any atom is -0.378 e. The quantitative estimate of drug-likeness (QED) is 0.829. The molecule has 2 aromatic rings. The Morgan fingerprint density at radius 1 is 1.20 bits per heavy atom. The van der Waals surface area contributed by atoms with Crippen molar-refractivity contribution in [2.24, 2.45) is 0 Å². The molecule has 0 spiro atoms. The molecule has 6 nitrogen and oxygen atoms in total. The summed E-state index contributed by atoms with van der Waals surface area (Å²) in [7, 11) is 0. The van der Waals surface area contributed by atoms with Crippen LogP contribution in [0.25, 0.3) is 11.3 Å². The SMILES string of the molecule is O=C(Cn1cc(-c2ccccc2)nn1)N1CCOCC1. The highest BCUT2D eigenvalue weighted by Crippen LogP contribution is 2.14. The van der Waals surface area contributed by atoms with Gasteiger partial charge in [-0.1, -0.05) is 35.5 Å². The summed E-state index contributed by atoms with van der Waals surface area (Å²) >= 11 is 0. The van der Waals surface area contributed by atoms with E-state index in [4.69, 9.17) is 4.74 Å². The fourth-order valence-corrected chi connectivity index (χ4v) is 2.17. The first kappa shape index (κ1) is 12.8. The molecule has 0 atom stereocenters. The zero-order valence-corrected chi connectivity index (χ0v) is 11.1. The first-order chi connectivity index (χ1) is 9.83. The molecule has 1 aliphatic rings. The molecule has 2 heterocycles. The van der Waals surface area contributed by atoms with Gasteiger partial charge in [-0.2, -0.15) is 0 Å². The topological polar surface area (TPSA) is 60.2 Å². The summed E-state index contributed by atoms with van der Waals surface area (Å²) < 4.78 is 6.82. The van der Waals surface area contributed by atoms with Crippen molar-refractivity contribution in [3.63, 3.8) is 0 Å². The molecule has 0 radical (unpaired) electrons. The van der Waals surface area contributed by atoms with Crippen molar-refractivity contribution in [1.29, 1.82) is 0 Å². The summed E-state index contributed by atoms with van der Waals surface area (Å²) in [5.41, 5.74) is 1.78. The normalized spacial score (nSPS) is 15.3. The van der Waals surface area contributed by atoms with Crippen molar-refractivity contribution in [2.45, 2.75) is 6.54 Å². The van der Waals surface area contributed by atoms with Crippen molar-refractivity contribution >= 4 is 5.91 Å². The predicted octanol–water partition coefficient (Wildman–Crippen LogP) is 0.804. The Kier molecular flexibility index (Phi) is 3.73. The second kappa shape index (κ2) is 5.83. The Bertz CT molecular complexity index is 576. The van der Waals surface area contributed by atoms with Crippen molar-refractivity contribution in [1.82, 2.24) is 19.9 Å². The fraction of sp³-hybridized carbons (Fsp3) is 0.357. The van der Waals surface area contributed by atoms with E-state index in [-0.39, 0.29) is 12.5 Å². The van der Waals surface area contributed by atoms with E-state index in [9.17, 15) is 4.79 Å².